The fourth-order valence-electron chi connectivity index (χ4n) is 3.75. The second-order valence-corrected chi connectivity index (χ2v) is 7.86. The van der Waals surface area contributed by atoms with Crippen LogP contribution in [0.3, 0.4) is 0 Å². The number of carbonyl (C=O) groups excluding carboxylic acids is 1. The number of hydrogen-bond acceptors (Lipinski definition) is 4. The number of thioether (sulfide) groups is 1. The van der Waals surface area contributed by atoms with Gasteiger partial charge in [-0.3, -0.25) is 14.7 Å². The Kier molecular flexibility index (Phi) is 5.95. The molecule has 1 aromatic heterocycles. The van der Waals surface area contributed by atoms with Gasteiger partial charge in [0.2, 0.25) is 5.91 Å². The van der Waals surface area contributed by atoms with Gasteiger partial charge in [-0.15, -0.1) is 0 Å². The van der Waals surface area contributed by atoms with Gasteiger partial charge in [0.25, 0.3) is 0 Å². The van der Waals surface area contributed by atoms with Crippen LogP contribution in [0, 0.1) is 5.92 Å². The number of amides is 1. The Bertz CT molecular complexity index is 510. The third kappa shape index (κ3) is 4.48. The van der Waals surface area contributed by atoms with Crippen LogP contribution in [0.1, 0.15) is 31.7 Å². The van der Waals surface area contributed by atoms with Crippen molar-refractivity contribution < 1.29 is 4.79 Å². The van der Waals surface area contributed by atoms with Crippen LogP contribution < -0.4 is 0 Å². The molecule has 0 radical (unpaired) electrons. The minimum absolute atomic E-state index is 0.348. The largest absolute Gasteiger partial charge is 0.337 e. The molecular formula is C18H27N3OS. The highest BCUT2D eigenvalue weighted by atomic mass is 32.2. The number of piperidine rings is 1. The fraction of sp³-hybridized carbons (Fsp3) is 0.667. The molecule has 0 aromatic carbocycles. The molecule has 4 heterocycles. The van der Waals surface area contributed by atoms with Crippen LogP contribution in [0.5, 0.6) is 0 Å². The van der Waals surface area contributed by atoms with Crippen molar-refractivity contribution in [2.75, 3.05) is 31.1 Å². The van der Waals surface area contributed by atoms with Crippen LogP contribution in [0.2, 0.25) is 0 Å². The van der Waals surface area contributed by atoms with Gasteiger partial charge in [0, 0.05) is 44.6 Å². The van der Waals surface area contributed by atoms with Crippen LogP contribution in [0.25, 0.3) is 0 Å². The van der Waals surface area contributed by atoms with Crippen LogP contribution in [-0.2, 0) is 11.3 Å². The lowest BCUT2D eigenvalue weighted by Gasteiger charge is -2.36. The van der Waals surface area contributed by atoms with Crippen molar-refractivity contribution in [3.8, 4) is 0 Å². The molecule has 3 fully saturated rings. The van der Waals surface area contributed by atoms with Crippen molar-refractivity contribution in [1.29, 1.82) is 0 Å². The SMILES string of the molecule is CCCSCC(=O)N1C[C@@H]2CC[C@H]1CN(Cc1cccnc1)C2. The average Bonchev–Trinajstić information content (AvgIpc) is 2.86. The predicted octanol–water partition coefficient (Wildman–Crippen LogP) is 2.65. The van der Waals surface area contributed by atoms with Crippen molar-refractivity contribution in [2.24, 2.45) is 5.92 Å². The predicted molar refractivity (Wildman–Crippen MR) is 95.4 cm³/mol. The Morgan fingerprint density at radius 3 is 3.04 bits per heavy atom. The summed E-state index contributed by atoms with van der Waals surface area (Å²) in [6.45, 7) is 6.20. The molecule has 0 unspecified atom stereocenters. The Morgan fingerprint density at radius 2 is 2.26 bits per heavy atom. The van der Waals surface area contributed by atoms with Gasteiger partial charge in [-0.25, -0.2) is 0 Å². The van der Waals surface area contributed by atoms with E-state index in [9.17, 15) is 4.79 Å². The van der Waals surface area contributed by atoms with Crippen molar-refractivity contribution >= 4 is 17.7 Å². The summed E-state index contributed by atoms with van der Waals surface area (Å²) in [6, 6.07) is 4.55. The molecule has 0 spiro atoms. The molecular weight excluding hydrogens is 306 g/mol. The van der Waals surface area contributed by atoms with E-state index in [1.807, 2.05) is 18.5 Å². The topological polar surface area (TPSA) is 36.4 Å². The average molecular weight is 334 g/mol. The van der Waals surface area contributed by atoms with E-state index in [-0.39, 0.29) is 0 Å². The molecule has 0 saturated carbocycles. The lowest BCUT2D eigenvalue weighted by Crippen LogP contribution is -2.48. The summed E-state index contributed by atoms with van der Waals surface area (Å²) in [6.07, 6.45) is 7.35. The Labute approximate surface area is 143 Å². The van der Waals surface area contributed by atoms with Gasteiger partial charge in [0.15, 0.2) is 0 Å². The van der Waals surface area contributed by atoms with Crippen LogP contribution in [0.15, 0.2) is 24.5 Å². The van der Waals surface area contributed by atoms with Gasteiger partial charge in [0.05, 0.1) is 5.75 Å². The molecule has 2 bridgehead atoms. The van der Waals surface area contributed by atoms with Crippen LogP contribution in [0.4, 0.5) is 0 Å². The van der Waals surface area contributed by atoms with Gasteiger partial charge in [-0.1, -0.05) is 13.0 Å². The number of pyridine rings is 1. The van der Waals surface area contributed by atoms with E-state index < -0.39 is 0 Å². The maximum absolute atomic E-state index is 12.6. The van der Waals surface area contributed by atoms with E-state index in [0.29, 0.717) is 23.6 Å². The van der Waals surface area contributed by atoms with Crippen LogP contribution >= 0.6 is 11.8 Å². The zero-order chi connectivity index (χ0) is 16.1. The van der Waals surface area contributed by atoms with E-state index >= 15 is 0 Å². The second-order valence-electron chi connectivity index (χ2n) is 6.75. The Hall–Kier alpha value is -1.07. The smallest absolute Gasteiger partial charge is 0.232 e. The van der Waals surface area contributed by atoms with Crippen molar-refractivity contribution in [2.45, 2.75) is 38.8 Å². The molecule has 0 N–H and O–H groups in total. The quantitative estimate of drug-likeness (QED) is 0.750. The zero-order valence-electron chi connectivity index (χ0n) is 14.0. The van der Waals surface area contributed by atoms with E-state index in [1.54, 1.807) is 11.8 Å². The van der Waals surface area contributed by atoms with Gasteiger partial charge in [-0.2, -0.15) is 11.8 Å². The maximum atomic E-state index is 12.6. The highest BCUT2D eigenvalue weighted by Gasteiger charge is 2.36. The Morgan fingerprint density at radius 1 is 1.35 bits per heavy atom. The molecule has 3 aliphatic heterocycles. The highest BCUT2D eigenvalue weighted by molar-refractivity contribution is 7.99. The van der Waals surface area contributed by atoms with Gasteiger partial charge in [0.1, 0.15) is 0 Å². The minimum Gasteiger partial charge on any atom is -0.337 e. The molecule has 3 aliphatic rings. The molecule has 3 saturated heterocycles. The molecule has 0 aliphatic carbocycles. The lowest BCUT2D eigenvalue weighted by molar-refractivity contribution is -0.132. The van der Waals surface area contributed by atoms with E-state index in [4.69, 9.17) is 0 Å². The normalized spacial score (nSPS) is 24.7. The number of hydrogen-bond donors (Lipinski definition) is 0. The first-order valence-corrected chi connectivity index (χ1v) is 9.90. The molecule has 1 aromatic rings. The summed E-state index contributed by atoms with van der Waals surface area (Å²) >= 11 is 1.78. The van der Waals surface area contributed by atoms with Gasteiger partial charge >= 0.3 is 0 Å². The third-order valence-corrected chi connectivity index (χ3v) is 5.96. The van der Waals surface area contributed by atoms with E-state index in [1.165, 1.54) is 18.4 Å². The maximum Gasteiger partial charge on any atom is 0.232 e. The monoisotopic (exact) mass is 333 g/mol. The van der Waals surface area contributed by atoms with Gasteiger partial charge in [-0.05, 0) is 42.6 Å². The molecule has 23 heavy (non-hydrogen) atoms. The summed E-state index contributed by atoms with van der Waals surface area (Å²) in [7, 11) is 0. The number of fused-ring (bicyclic) bond motifs is 4. The van der Waals surface area contributed by atoms with Crippen molar-refractivity contribution in [3.05, 3.63) is 30.1 Å². The van der Waals surface area contributed by atoms with Crippen molar-refractivity contribution in [1.82, 2.24) is 14.8 Å². The second kappa shape index (κ2) is 8.15. The van der Waals surface area contributed by atoms with Crippen molar-refractivity contribution in [3.63, 3.8) is 0 Å². The Balaban J connectivity index is 1.60. The lowest BCUT2D eigenvalue weighted by atomic mass is 9.95. The fourth-order valence-corrected chi connectivity index (χ4v) is 4.52. The van der Waals surface area contributed by atoms with Gasteiger partial charge < -0.3 is 4.90 Å². The third-order valence-electron chi connectivity index (χ3n) is 4.81. The van der Waals surface area contributed by atoms with E-state index in [2.05, 4.69) is 27.8 Å². The molecule has 2 atom stereocenters. The summed E-state index contributed by atoms with van der Waals surface area (Å²) in [5, 5.41) is 0. The first-order chi connectivity index (χ1) is 11.3. The first-order valence-electron chi connectivity index (χ1n) is 8.74. The first kappa shape index (κ1) is 16.8. The standard InChI is InChI=1S/C18H27N3OS/c1-2-8-23-14-18(22)21-12-16-5-6-17(21)13-20(11-16)10-15-4-3-7-19-9-15/h3-4,7,9,16-17H,2,5-6,8,10-14H2,1H3/t16-,17+/m1/s1. The number of rotatable bonds is 6. The number of aromatic nitrogens is 1. The summed E-state index contributed by atoms with van der Waals surface area (Å²) in [5.41, 5.74) is 1.27. The highest BCUT2D eigenvalue weighted by Crippen LogP contribution is 2.29. The summed E-state index contributed by atoms with van der Waals surface area (Å²) in [5.74, 6) is 2.72. The number of carbonyl (C=O) groups is 1. The summed E-state index contributed by atoms with van der Waals surface area (Å²) < 4.78 is 0. The molecule has 5 heteroatoms. The molecule has 4 rings (SSSR count). The molecule has 1 amide bonds. The van der Waals surface area contributed by atoms with Crippen LogP contribution in [-0.4, -0.2) is 57.9 Å². The minimum atomic E-state index is 0.348. The molecule has 126 valence electrons. The molecule has 4 nitrogen and oxygen atoms in total. The van der Waals surface area contributed by atoms with E-state index in [0.717, 1.165) is 38.4 Å². The summed E-state index contributed by atoms with van der Waals surface area (Å²) in [4.78, 5) is 21.5. The number of nitrogens with zero attached hydrogens (tertiary/aromatic N) is 3. The zero-order valence-corrected chi connectivity index (χ0v) is 14.8.